The molecule has 5 nitrogen and oxygen atoms in total. The van der Waals surface area contributed by atoms with Crippen LogP contribution in [0, 0.1) is 0 Å². The van der Waals surface area contributed by atoms with Gasteiger partial charge in [-0.1, -0.05) is 60.1 Å². The second-order valence-corrected chi connectivity index (χ2v) is 7.42. The lowest BCUT2D eigenvalue weighted by atomic mass is 10.1. The molecule has 0 amide bonds. The van der Waals surface area contributed by atoms with Gasteiger partial charge in [0.2, 0.25) is 0 Å². The van der Waals surface area contributed by atoms with Crippen molar-refractivity contribution in [3.05, 3.63) is 94.5 Å². The molecule has 0 atom stereocenters. The number of methoxy groups -OCH3 is 1. The minimum Gasteiger partial charge on any atom is -0.545 e. The molecule has 154 valence electrons. The third kappa shape index (κ3) is 5.72. The first kappa shape index (κ1) is 21.6. The summed E-state index contributed by atoms with van der Waals surface area (Å²) in [6, 6.07) is 21.7. The van der Waals surface area contributed by atoms with E-state index in [0.29, 0.717) is 29.0 Å². The van der Waals surface area contributed by atoms with Crippen molar-refractivity contribution in [3.8, 4) is 5.75 Å². The number of carbonyl (C=O) groups is 1. The van der Waals surface area contributed by atoms with Crippen LogP contribution in [0.4, 0.5) is 5.69 Å². The van der Waals surface area contributed by atoms with Crippen LogP contribution in [0.1, 0.15) is 21.5 Å². The van der Waals surface area contributed by atoms with Gasteiger partial charge in [0, 0.05) is 18.1 Å². The molecule has 0 radical (unpaired) electrons. The highest BCUT2D eigenvalue weighted by Gasteiger charge is 2.14. The normalized spacial score (nSPS) is 10.3. The van der Waals surface area contributed by atoms with E-state index in [2.05, 4.69) is 5.32 Å². The number of hydrogen-bond acceptors (Lipinski definition) is 4. The maximum atomic E-state index is 11.0. The summed E-state index contributed by atoms with van der Waals surface area (Å²) in [4.78, 5) is 13.0. The minimum absolute atomic E-state index is 0.137. The first-order valence-corrected chi connectivity index (χ1v) is 9.98. The Morgan fingerprint density at radius 2 is 1.57 bits per heavy atom. The number of nitrogens with one attached hydrogen (secondary N) is 1. The second-order valence-electron chi connectivity index (χ2n) is 6.60. The molecule has 0 aliphatic rings. The molecule has 7 heteroatoms. The lowest BCUT2D eigenvalue weighted by Crippen LogP contribution is -2.34. The van der Waals surface area contributed by atoms with Crippen LogP contribution in [0.25, 0.3) is 0 Å². The Hall–Kier alpha value is -3.09. The predicted molar refractivity (Wildman–Crippen MR) is 121 cm³/mol. The maximum absolute atomic E-state index is 11.0. The van der Waals surface area contributed by atoms with Gasteiger partial charge < -0.3 is 24.9 Å². The van der Waals surface area contributed by atoms with E-state index in [1.54, 1.807) is 19.2 Å². The van der Waals surface area contributed by atoms with Crippen molar-refractivity contribution >= 4 is 40.6 Å². The highest BCUT2D eigenvalue weighted by Crippen LogP contribution is 2.24. The number of ether oxygens (including phenoxy) is 1. The van der Waals surface area contributed by atoms with Gasteiger partial charge in [-0.2, -0.15) is 0 Å². The largest absolute Gasteiger partial charge is 0.545 e. The number of carboxylic acids is 1. The average Bonchev–Trinajstić information content (AvgIpc) is 2.75. The van der Waals surface area contributed by atoms with Crippen LogP contribution >= 0.6 is 23.8 Å². The summed E-state index contributed by atoms with van der Waals surface area (Å²) in [5.41, 5.74) is 2.85. The van der Waals surface area contributed by atoms with Crippen LogP contribution < -0.4 is 15.2 Å². The number of anilines is 1. The van der Waals surface area contributed by atoms with Crippen LogP contribution in [-0.2, 0) is 13.1 Å². The number of benzene rings is 3. The van der Waals surface area contributed by atoms with E-state index < -0.39 is 5.97 Å². The molecule has 0 aliphatic heterocycles. The number of carbonyl (C=O) groups excluding carboxylic acids is 1. The van der Waals surface area contributed by atoms with E-state index in [-0.39, 0.29) is 5.56 Å². The van der Waals surface area contributed by atoms with E-state index in [1.807, 2.05) is 53.4 Å². The third-order valence-electron chi connectivity index (χ3n) is 4.49. The smallest absolute Gasteiger partial charge is 0.174 e. The first-order chi connectivity index (χ1) is 14.5. The summed E-state index contributed by atoms with van der Waals surface area (Å²) in [5, 5.41) is 15.4. The van der Waals surface area contributed by atoms with Gasteiger partial charge in [-0.05, 0) is 53.2 Å². The monoisotopic (exact) mass is 439 g/mol. The lowest BCUT2D eigenvalue weighted by molar-refractivity contribution is -0.255. The SMILES string of the molecule is COc1ccccc1NC(=S)N(Cc1ccc(Cl)cc1)Cc1ccc(C(=O)[O-])cc1. The summed E-state index contributed by atoms with van der Waals surface area (Å²) >= 11 is 11.7. The molecule has 0 spiro atoms. The highest BCUT2D eigenvalue weighted by atomic mass is 35.5. The van der Waals surface area contributed by atoms with E-state index in [9.17, 15) is 9.90 Å². The molecular weight excluding hydrogens is 420 g/mol. The number of thiocarbonyl (C=S) groups is 1. The predicted octanol–water partition coefficient (Wildman–Crippen LogP) is 4.11. The van der Waals surface area contributed by atoms with Crippen LogP contribution in [-0.4, -0.2) is 23.1 Å². The Morgan fingerprint density at radius 1 is 1.00 bits per heavy atom. The standard InChI is InChI=1S/C23H21ClN2O3S/c1-29-21-5-3-2-4-20(21)25-23(30)26(15-17-8-12-19(24)13-9-17)14-16-6-10-18(11-7-16)22(27)28/h2-13H,14-15H2,1H3,(H,25,30)(H,27,28)/p-1. The number of nitrogens with zero attached hydrogens (tertiary/aromatic N) is 1. The molecule has 0 aliphatic carbocycles. The van der Waals surface area contributed by atoms with Crippen LogP contribution in [0.3, 0.4) is 0 Å². The van der Waals surface area contributed by atoms with Crippen molar-refractivity contribution < 1.29 is 14.6 Å². The molecule has 30 heavy (non-hydrogen) atoms. The first-order valence-electron chi connectivity index (χ1n) is 9.20. The molecule has 3 aromatic carbocycles. The summed E-state index contributed by atoms with van der Waals surface area (Å²) in [5.74, 6) is -0.516. The van der Waals surface area contributed by atoms with Crippen LogP contribution in [0.15, 0.2) is 72.8 Å². The molecule has 0 fully saturated rings. The Labute approximate surface area is 185 Å². The molecule has 0 unspecified atom stereocenters. The topological polar surface area (TPSA) is 64.6 Å². The number of hydrogen-bond donors (Lipinski definition) is 1. The second kappa shape index (κ2) is 10.1. The highest BCUT2D eigenvalue weighted by molar-refractivity contribution is 7.80. The van der Waals surface area contributed by atoms with Gasteiger partial charge in [0.15, 0.2) is 5.11 Å². The van der Waals surface area contributed by atoms with Crippen molar-refractivity contribution in [2.45, 2.75) is 13.1 Å². The lowest BCUT2D eigenvalue weighted by Gasteiger charge is -2.27. The Bertz CT molecular complexity index is 1020. The number of carboxylic acid groups (broad SMARTS) is 1. The van der Waals surface area contributed by atoms with Gasteiger partial charge in [0.1, 0.15) is 5.75 Å². The van der Waals surface area contributed by atoms with Crippen molar-refractivity contribution in [3.63, 3.8) is 0 Å². The minimum atomic E-state index is -1.20. The number of aromatic carboxylic acids is 1. The Balaban J connectivity index is 1.83. The van der Waals surface area contributed by atoms with Gasteiger partial charge in [-0.3, -0.25) is 0 Å². The summed E-state index contributed by atoms with van der Waals surface area (Å²) < 4.78 is 5.39. The maximum Gasteiger partial charge on any atom is 0.174 e. The molecule has 0 aromatic heterocycles. The Morgan fingerprint density at radius 3 is 2.13 bits per heavy atom. The van der Waals surface area contributed by atoms with Gasteiger partial charge in [0.25, 0.3) is 0 Å². The van der Waals surface area contributed by atoms with E-state index in [4.69, 9.17) is 28.6 Å². The fraction of sp³-hybridized carbons (Fsp3) is 0.130. The molecule has 0 saturated carbocycles. The zero-order valence-electron chi connectivity index (χ0n) is 16.3. The quantitative estimate of drug-likeness (QED) is 0.559. The molecular formula is C23H20ClN2O3S-. The molecule has 0 bridgehead atoms. The number of halogens is 1. The molecule has 1 N–H and O–H groups in total. The summed E-state index contributed by atoms with van der Waals surface area (Å²) in [6.07, 6.45) is 0. The summed E-state index contributed by atoms with van der Waals surface area (Å²) in [6.45, 7) is 1.03. The summed E-state index contributed by atoms with van der Waals surface area (Å²) in [7, 11) is 1.61. The van der Waals surface area contributed by atoms with Gasteiger partial charge in [0.05, 0.1) is 18.8 Å². The van der Waals surface area contributed by atoms with Gasteiger partial charge in [-0.15, -0.1) is 0 Å². The van der Waals surface area contributed by atoms with Crippen molar-refractivity contribution in [1.82, 2.24) is 4.90 Å². The van der Waals surface area contributed by atoms with Crippen molar-refractivity contribution in [1.29, 1.82) is 0 Å². The van der Waals surface area contributed by atoms with E-state index in [0.717, 1.165) is 16.8 Å². The fourth-order valence-corrected chi connectivity index (χ4v) is 3.28. The molecule has 0 saturated heterocycles. The molecule has 3 rings (SSSR count). The average molecular weight is 440 g/mol. The zero-order valence-corrected chi connectivity index (χ0v) is 17.9. The van der Waals surface area contributed by atoms with E-state index >= 15 is 0 Å². The number of para-hydroxylation sites is 2. The number of rotatable bonds is 7. The molecule has 3 aromatic rings. The van der Waals surface area contributed by atoms with Crippen molar-refractivity contribution in [2.75, 3.05) is 12.4 Å². The molecule has 0 heterocycles. The Kier molecular flexibility index (Phi) is 7.27. The van der Waals surface area contributed by atoms with Crippen LogP contribution in [0.2, 0.25) is 5.02 Å². The third-order valence-corrected chi connectivity index (χ3v) is 5.10. The van der Waals surface area contributed by atoms with Crippen LogP contribution in [0.5, 0.6) is 5.75 Å². The van der Waals surface area contributed by atoms with Crippen molar-refractivity contribution in [2.24, 2.45) is 0 Å². The van der Waals surface area contributed by atoms with Gasteiger partial charge >= 0.3 is 0 Å². The fourth-order valence-electron chi connectivity index (χ4n) is 2.92. The van der Waals surface area contributed by atoms with E-state index in [1.165, 1.54) is 12.1 Å². The zero-order chi connectivity index (χ0) is 21.5. The van der Waals surface area contributed by atoms with Gasteiger partial charge in [-0.25, -0.2) is 0 Å².